The summed E-state index contributed by atoms with van der Waals surface area (Å²) in [7, 11) is -4.11. The summed E-state index contributed by atoms with van der Waals surface area (Å²) in [6.07, 6.45) is 0.537. The summed E-state index contributed by atoms with van der Waals surface area (Å²) in [6, 6.07) is 3.35. The quantitative estimate of drug-likeness (QED) is 0.377. The summed E-state index contributed by atoms with van der Waals surface area (Å²) < 4.78 is 35.8. The number of nitrogens with one attached hydrogen (secondary N) is 2. The van der Waals surface area contributed by atoms with Crippen LogP contribution in [-0.2, 0) is 15.6 Å². The van der Waals surface area contributed by atoms with Gasteiger partial charge in [-0.2, -0.15) is 5.10 Å². The highest BCUT2D eigenvalue weighted by molar-refractivity contribution is 7.89. The van der Waals surface area contributed by atoms with Crippen molar-refractivity contribution in [1.29, 1.82) is 0 Å². The molecule has 188 valence electrons. The van der Waals surface area contributed by atoms with Crippen LogP contribution in [0.25, 0.3) is 0 Å². The SMILES string of the molecule is CCCNS(=O)(=O)c1cc([N+](=O)[O-])ccc1Oc1c(C)c(C(=O)NCC(C)C)nn1C(C)(C)C. The fourth-order valence-corrected chi connectivity index (χ4v) is 4.25. The average Bonchev–Trinajstić information content (AvgIpc) is 3.07. The van der Waals surface area contributed by atoms with Crippen molar-refractivity contribution >= 4 is 21.6 Å². The Bertz CT molecular complexity index is 1170. The number of sulfonamides is 1. The van der Waals surface area contributed by atoms with E-state index in [1.807, 2.05) is 34.6 Å². The van der Waals surface area contributed by atoms with E-state index in [9.17, 15) is 23.3 Å². The summed E-state index contributed by atoms with van der Waals surface area (Å²) in [5.74, 6) is -0.0757. The summed E-state index contributed by atoms with van der Waals surface area (Å²) in [5.41, 5.74) is -0.434. The molecule has 0 saturated carbocycles. The van der Waals surface area contributed by atoms with E-state index >= 15 is 0 Å². The molecule has 0 atom stereocenters. The second kappa shape index (κ2) is 10.5. The number of nitro benzene ring substituents is 1. The van der Waals surface area contributed by atoms with E-state index in [0.29, 0.717) is 18.5 Å². The number of ether oxygens (including phenoxy) is 1. The van der Waals surface area contributed by atoms with Crippen molar-refractivity contribution in [3.63, 3.8) is 0 Å². The molecule has 2 N–H and O–H groups in total. The molecule has 0 bridgehead atoms. The number of carbonyl (C=O) groups excluding carboxylic acids is 1. The van der Waals surface area contributed by atoms with Gasteiger partial charge in [0.25, 0.3) is 11.6 Å². The molecular weight excluding hydrogens is 462 g/mol. The number of aromatic nitrogens is 2. The van der Waals surface area contributed by atoms with E-state index in [2.05, 4.69) is 15.1 Å². The van der Waals surface area contributed by atoms with Gasteiger partial charge in [-0.3, -0.25) is 14.9 Å². The van der Waals surface area contributed by atoms with Crippen LogP contribution < -0.4 is 14.8 Å². The Hall–Kier alpha value is -2.99. The topological polar surface area (TPSA) is 145 Å². The predicted molar refractivity (Wildman–Crippen MR) is 128 cm³/mol. The molecule has 11 nitrogen and oxygen atoms in total. The molecular formula is C22H33N5O6S. The van der Waals surface area contributed by atoms with Gasteiger partial charge in [0.05, 0.1) is 10.5 Å². The van der Waals surface area contributed by atoms with Crippen molar-refractivity contribution in [3.05, 3.63) is 39.6 Å². The van der Waals surface area contributed by atoms with Crippen LogP contribution in [0.15, 0.2) is 23.1 Å². The maximum atomic E-state index is 12.9. The summed E-state index contributed by atoms with van der Waals surface area (Å²) >= 11 is 0. The zero-order valence-corrected chi connectivity index (χ0v) is 21.4. The van der Waals surface area contributed by atoms with Crippen molar-refractivity contribution in [2.24, 2.45) is 5.92 Å². The number of nitrogens with zero attached hydrogens (tertiary/aromatic N) is 3. The molecule has 2 aromatic rings. The zero-order valence-electron chi connectivity index (χ0n) is 20.6. The standard InChI is InChI=1S/C22H33N5O6S/c1-8-11-24-34(31,32)18-12-16(27(29)30)9-10-17(18)33-21-15(4)19(20(28)23-13-14(2)3)25-26(21)22(5,6)7/h9-10,12,14,24H,8,11,13H2,1-7H3,(H,23,28). The van der Waals surface area contributed by atoms with Gasteiger partial charge in [-0.05, 0) is 46.1 Å². The molecule has 1 aromatic heterocycles. The highest BCUT2D eigenvalue weighted by Crippen LogP contribution is 2.36. The highest BCUT2D eigenvalue weighted by atomic mass is 32.2. The van der Waals surface area contributed by atoms with Gasteiger partial charge in [-0.1, -0.05) is 20.8 Å². The minimum absolute atomic E-state index is 0.114. The number of hydrogen-bond acceptors (Lipinski definition) is 7. The Labute approximate surface area is 200 Å². The minimum atomic E-state index is -4.11. The number of benzene rings is 1. The Morgan fingerprint density at radius 3 is 2.47 bits per heavy atom. The van der Waals surface area contributed by atoms with Crippen molar-refractivity contribution < 1.29 is 22.9 Å². The van der Waals surface area contributed by atoms with Crippen molar-refractivity contribution in [1.82, 2.24) is 19.8 Å². The largest absolute Gasteiger partial charge is 0.438 e. The summed E-state index contributed by atoms with van der Waals surface area (Å²) in [5, 5.41) is 18.6. The van der Waals surface area contributed by atoms with Crippen LogP contribution in [0.2, 0.25) is 0 Å². The minimum Gasteiger partial charge on any atom is -0.438 e. The first-order valence-electron chi connectivity index (χ1n) is 11.0. The Balaban J connectivity index is 2.63. The van der Waals surface area contributed by atoms with Crippen molar-refractivity contribution in [3.8, 4) is 11.6 Å². The summed E-state index contributed by atoms with van der Waals surface area (Å²) in [6.45, 7) is 13.6. The first kappa shape index (κ1) is 27.3. The lowest BCUT2D eigenvalue weighted by molar-refractivity contribution is -0.385. The van der Waals surface area contributed by atoms with E-state index in [1.165, 1.54) is 10.7 Å². The van der Waals surface area contributed by atoms with E-state index in [-0.39, 0.29) is 46.3 Å². The number of amides is 1. The maximum absolute atomic E-state index is 12.9. The molecule has 0 saturated heterocycles. The van der Waals surface area contributed by atoms with Gasteiger partial charge in [-0.25, -0.2) is 17.8 Å². The highest BCUT2D eigenvalue weighted by Gasteiger charge is 2.30. The fourth-order valence-electron chi connectivity index (χ4n) is 2.97. The van der Waals surface area contributed by atoms with Crippen molar-refractivity contribution in [2.75, 3.05) is 13.1 Å². The third kappa shape index (κ3) is 6.32. The molecule has 0 aliphatic heterocycles. The molecule has 1 aromatic carbocycles. The van der Waals surface area contributed by atoms with Crippen LogP contribution in [0, 0.1) is 23.0 Å². The molecule has 34 heavy (non-hydrogen) atoms. The second-order valence-electron chi connectivity index (χ2n) is 9.35. The molecule has 0 fully saturated rings. The Morgan fingerprint density at radius 2 is 1.94 bits per heavy atom. The number of hydrogen-bond donors (Lipinski definition) is 2. The molecule has 0 radical (unpaired) electrons. The fraction of sp³-hybridized carbons (Fsp3) is 0.545. The molecule has 0 aliphatic carbocycles. The van der Waals surface area contributed by atoms with Gasteiger partial charge in [0.2, 0.25) is 15.9 Å². The van der Waals surface area contributed by atoms with E-state index in [4.69, 9.17) is 4.74 Å². The normalized spacial score (nSPS) is 12.1. The number of rotatable bonds is 10. The first-order chi connectivity index (χ1) is 15.7. The lowest BCUT2D eigenvalue weighted by Gasteiger charge is -2.22. The van der Waals surface area contributed by atoms with E-state index in [1.54, 1.807) is 13.8 Å². The van der Waals surface area contributed by atoms with Gasteiger partial charge < -0.3 is 10.1 Å². The molecule has 0 aliphatic rings. The molecule has 0 unspecified atom stereocenters. The van der Waals surface area contributed by atoms with Crippen LogP contribution in [0.3, 0.4) is 0 Å². The predicted octanol–water partition coefficient (Wildman–Crippen LogP) is 3.72. The monoisotopic (exact) mass is 495 g/mol. The van der Waals surface area contributed by atoms with Gasteiger partial charge in [0, 0.05) is 30.8 Å². The lowest BCUT2D eigenvalue weighted by atomic mass is 10.1. The number of nitro groups is 1. The average molecular weight is 496 g/mol. The van der Waals surface area contributed by atoms with E-state index < -0.39 is 20.5 Å². The lowest BCUT2D eigenvalue weighted by Crippen LogP contribution is -2.29. The van der Waals surface area contributed by atoms with Crippen LogP contribution >= 0.6 is 0 Å². The number of carbonyl (C=O) groups is 1. The molecule has 2 rings (SSSR count). The molecule has 1 amide bonds. The van der Waals surface area contributed by atoms with Crippen molar-refractivity contribution in [2.45, 2.75) is 65.3 Å². The molecule has 12 heteroatoms. The Kier molecular flexibility index (Phi) is 8.43. The Morgan fingerprint density at radius 1 is 1.29 bits per heavy atom. The van der Waals surface area contributed by atoms with Crippen LogP contribution in [0.4, 0.5) is 5.69 Å². The van der Waals surface area contributed by atoms with Crippen LogP contribution in [0.5, 0.6) is 11.6 Å². The third-order valence-electron chi connectivity index (χ3n) is 4.77. The molecule has 1 heterocycles. The van der Waals surface area contributed by atoms with Gasteiger partial charge in [0.15, 0.2) is 5.69 Å². The number of non-ortho nitro benzene ring substituents is 1. The zero-order chi connectivity index (χ0) is 25.8. The summed E-state index contributed by atoms with van der Waals surface area (Å²) in [4.78, 5) is 23.0. The molecule has 0 spiro atoms. The van der Waals surface area contributed by atoms with Gasteiger partial charge in [0.1, 0.15) is 10.6 Å². The third-order valence-corrected chi connectivity index (χ3v) is 6.25. The van der Waals surface area contributed by atoms with Gasteiger partial charge >= 0.3 is 0 Å². The van der Waals surface area contributed by atoms with Gasteiger partial charge in [-0.15, -0.1) is 0 Å². The smallest absolute Gasteiger partial charge is 0.272 e. The van der Waals surface area contributed by atoms with E-state index in [0.717, 1.165) is 12.1 Å². The second-order valence-corrected chi connectivity index (χ2v) is 11.1. The maximum Gasteiger partial charge on any atom is 0.272 e. The first-order valence-corrected chi connectivity index (χ1v) is 12.5. The van der Waals surface area contributed by atoms with Crippen LogP contribution in [0.1, 0.15) is 64.0 Å². The van der Waals surface area contributed by atoms with Crippen LogP contribution in [-0.4, -0.2) is 42.1 Å².